The fraction of sp³-hybridized carbons (Fsp3) is 0.333. The molecule has 0 bridgehead atoms. The number of fused-ring (bicyclic) bond motifs is 1. The number of aryl methyl sites for hydroxylation is 1. The summed E-state index contributed by atoms with van der Waals surface area (Å²) in [5.41, 5.74) is 2.34. The summed E-state index contributed by atoms with van der Waals surface area (Å²) in [6, 6.07) is 13.1. The maximum atomic E-state index is 13.1. The molecule has 0 unspecified atom stereocenters. The lowest BCUT2D eigenvalue weighted by atomic mass is 10.1. The minimum atomic E-state index is -0.0856. The Bertz CT molecular complexity index is 1010. The van der Waals surface area contributed by atoms with Gasteiger partial charge in [0.25, 0.3) is 5.56 Å². The van der Waals surface area contributed by atoms with Crippen LogP contribution in [0.4, 0.5) is 0 Å². The van der Waals surface area contributed by atoms with Gasteiger partial charge in [-0.25, -0.2) is 4.98 Å². The van der Waals surface area contributed by atoms with Crippen molar-refractivity contribution in [2.75, 3.05) is 32.0 Å². The number of benzene rings is 2. The van der Waals surface area contributed by atoms with Crippen molar-refractivity contribution in [1.29, 1.82) is 0 Å². The molecule has 0 atom stereocenters. The maximum absolute atomic E-state index is 13.1. The van der Waals surface area contributed by atoms with Gasteiger partial charge in [0.2, 0.25) is 0 Å². The Morgan fingerprint density at radius 3 is 2.50 bits per heavy atom. The molecule has 0 aliphatic carbocycles. The Morgan fingerprint density at radius 1 is 1.11 bits per heavy atom. The van der Waals surface area contributed by atoms with Crippen LogP contribution in [-0.4, -0.2) is 46.4 Å². The summed E-state index contributed by atoms with van der Waals surface area (Å²) in [7, 11) is 1.64. The van der Waals surface area contributed by atoms with E-state index in [1.807, 2.05) is 43.3 Å². The molecule has 3 aromatic rings. The van der Waals surface area contributed by atoms with Gasteiger partial charge in [-0.15, -0.1) is 23.2 Å². The molecule has 0 saturated heterocycles. The van der Waals surface area contributed by atoms with Crippen LogP contribution in [0.15, 0.2) is 47.3 Å². The van der Waals surface area contributed by atoms with E-state index in [0.29, 0.717) is 35.0 Å². The highest BCUT2D eigenvalue weighted by atomic mass is 35.5. The lowest BCUT2D eigenvalue weighted by Crippen LogP contribution is -2.28. The topological polar surface area (TPSA) is 47.4 Å². The second kappa shape index (κ2) is 9.41. The van der Waals surface area contributed by atoms with E-state index >= 15 is 0 Å². The predicted octanol–water partition coefficient (Wildman–Crippen LogP) is 3.98. The van der Waals surface area contributed by atoms with Crippen LogP contribution in [0.2, 0.25) is 0 Å². The molecule has 5 nitrogen and oxygen atoms in total. The van der Waals surface area contributed by atoms with Gasteiger partial charge in [0.1, 0.15) is 11.6 Å². The van der Waals surface area contributed by atoms with E-state index in [2.05, 4.69) is 9.88 Å². The fourth-order valence-corrected chi connectivity index (χ4v) is 3.80. The summed E-state index contributed by atoms with van der Waals surface area (Å²) in [6.07, 6.45) is 0. The maximum Gasteiger partial charge on any atom is 0.265 e. The van der Waals surface area contributed by atoms with Gasteiger partial charge in [0, 0.05) is 37.0 Å². The van der Waals surface area contributed by atoms with Crippen LogP contribution in [0.3, 0.4) is 0 Å². The summed E-state index contributed by atoms with van der Waals surface area (Å²) in [4.78, 5) is 19.8. The molecule has 0 N–H and O–H groups in total. The number of para-hydroxylation sites is 1. The van der Waals surface area contributed by atoms with Crippen molar-refractivity contribution in [1.82, 2.24) is 14.5 Å². The van der Waals surface area contributed by atoms with Crippen LogP contribution < -0.4 is 10.3 Å². The van der Waals surface area contributed by atoms with Crippen molar-refractivity contribution >= 4 is 34.1 Å². The Morgan fingerprint density at radius 2 is 1.82 bits per heavy atom. The average molecular weight is 420 g/mol. The Kier molecular flexibility index (Phi) is 6.94. The van der Waals surface area contributed by atoms with Crippen LogP contribution in [0, 0.1) is 6.92 Å². The van der Waals surface area contributed by atoms with E-state index in [4.69, 9.17) is 27.9 Å². The van der Waals surface area contributed by atoms with E-state index in [-0.39, 0.29) is 5.56 Å². The molecule has 1 aromatic heterocycles. The highest BCUT2D eigenvalue weighted by molar-refractivity contribution is 6.18. The van der Waals surface area contributed by atoms with Gasteiger partial charge in [0.15, 0.2) is 0 Å². The van der Waals surface area contributed by atoms with Gasteiger partial charge < -0.3 is 4.74 Å². The number of aromatic nitrogens is 2. The third kappa shape index (κ3) is 4.32. The Balaban J connectivity index is 2.09. The number of alkyl halides is 2. The monoisotopic (exact) mass is 419 g/mol. The number of rotatable bonds is 8. The van der Waals surface area contributed by atoms with Gasteiger partial charge in [-0.3, -0.25) is 14.3 Å². The van der Waals surface area contributed by atoms with Crippen molar-refractivity contribution < 1.29 is 4.74 Å². The summed E-state index contributed by atoms with van der Waals surface area (Å²) in [6.45, 7) is 3.91. The standard InChI is InChI=1S/C21H23Cl2N3O2/c1-15-24-19-6-4-3-5-18(19)21(27)26(15)17-7-8-20(28-2)16(13-17)14-25(11-9-22)12-10-23/h3-8,13H,9-12,14H2,1-2H3. The fourth-order valence-electron chi connectivity index (χ4n) is 3.33. The third-order valence-corrected chi connectivity index (χ3v) is 5.00. The van der Waals surface area contributed by atoms with Crippen molar-refractivity contribution in [2.24, 2.45) is 0 Å². The van der Waals surface area contributed by atoms with Gasteiger partial charge in [0.05, 0.1) is 23.7 Å². The largest absolute Gasteiger partial charge is 0.496 e. The first-order chi connectivity index (χ1) is 13.6. The van der Waals surface area contributed by atoms with Crippen LogP contribution in [-0.2, 0) is 6.54 Å². The normalized spacial score (nSPS) is 11.3. The second-order valence-electron chi connectivity index (χ2n) is 6.47. The van der Waals surface area contributed by atoms with Gasteiger partial charge in [-0.05, 0) is 37.3 Å². The van der Waals surface area contributed by atoms with Crippen molar-refractivity contribution in [2.45, 2.75) is 13.5 Å². The van der Waals surface area contributed by atoms with Gasteiger partial charge >= 0.3 is 0 Å². The zero-order chi connectivity index (χ0) is 20.1. The first-order valence-corrected chi connectivity index (χ1v) is 10.2. The first-order valence-electron chi connectivity index (χ1n) is 9.09. The van der Waals surface area contributed by atoms with Crippen LogP contribution in [0.25, 0.3) is 16.6 Å². The molecule has 0 spiro atoms. The highest BCUT2D eigenvalue weighted by Crippen LogP contribution is 2.24. The lowest BCUT2D eigenvalue weighted by molar-refractivity contribution is 0.292. The van der Waals surface area contributed by atoms with Crippen molar-refractivity contribution in [3.63, 3.8) is 0 Å². The molecule has 0 amide bonds. The Labute approximate surface area is 174 Å². The van der Waals surface area contributed by atoms with E-state index in [9.17, 15) is 4.79 Å². The van der Waals surface area contributed by atoms with E-state index < -0.39 is 0 Å². The second-order valence-corrected chi connectivity index (χ2v) is 7.22. The zero-order valence-corrected chi connectivity index (χ0v) is 17.5. The Hall–Kier alpha value is -2.08. The molecule has 7 heteroatoms. The molecule has 28 heavy (non-hydrogen) atoms. The molecular weight excluding hydrogens is 397 g/mol. The zero-order valence-electron chi connectivity index (χ0n) is 16.0. The van der Waals surface area contributed by atoms with Crippen LogP contribution in [0.1, 0.15) is 11.4 Å². The summed E-state index contributed by atoms with van der Waals surface area (Å²) in [5, 5.41) is 0.594. The molecule has 1 heterocycles. The third-order valence-electron chi connectivity index (χ3n) is 4.66. The molecule has 148 valence electrons. The van der Waals surface area contributed by atoms with Crippen LogP contribution in [0.5, 0.6) is 5.75 Å². The number of methoxy groups -OCH3 is 1. The number of hydrogen-bond acceptors (Lipinski definition) is 4. The molecule has 0 radical (unpaired) electrons. The predicted molar refractivity (Wildman–Crippen MR) is 115 cm³/mol. The minimum Gasteiger partial charge on any atom is -0.496 e. The van der Waals surface area contributed by atoms with E-state index in [1.54, 1.807) is 17.7 Å². The van der Waals surface area contributed by atoms with Crippen LogP contribution >= 0.6 is 23.2 Å². The number of hydrogen-bond donors (Lipinski definition) is 0. The lowest BCUT2D eigenvalue weighted by Gasteiger charge is -2.22. The first kappa shape index (κ1) is 20.6. The summed E-state index contributed by atoms with van der Waals surface area (Å²) < 4.78 is 7.17. The summed E-state index contributed by atoms with van der Waals surface area (Å²) >= 11 is 11.9. The van der Waals surface area contributed by atoms with E-state index in [0.717, 1.165) is 30.1 Å². The van der Waals surface area contributed by atoms with Gasteiger partial charge in [-0.2, -0.15) is 0 Å². The molecule has 0 aliphatic rings. The molecule has 0 fully saturated rings. The van der Waals surface area contributed by atoms with E-state index in [1.165, 1.54) is 0 Å². The van der Waals surface area contributed by atoms with Gasteiger partial charge in [-0.1, -0.05) is 12.1 Å². The number of halogens is 2. The average Bonchev–Trinajstić information content (AvgIpc) is 2.68. The van der Waals surface area contributed by atoms with Crippen molar-refractivity contribution in [3.05, 3.63) is 64.2 Å². The quantitative estimate of drug-likeness (QED) is 0.518. The molecule has 3 rings (SSSR count). The SMILES string of the molecule is COc1ccc(-n2c(C)nc3ccccc3c2=O)cc1CN(CCCl)CCCl. The summed E-state index contributed by atoms with van der Waals surface area (Å²) in [5.74, 6) is 2.44. The van der Waals surface area contributed by atoms with Crippen molar-refractivity contribution in [3.8, 4) is 11.4 Å². The number of ether oxygens (including phenoxy) is 1. The minimum absolute atomic E-state index is 0.0856. The molecule has 2 aromatic carbocycles. The number of nitrogens with zero attached hydrogens (tertiary/aromatic N) is 3. The highest BCUT2D eigenvalue weighted by Gasteiger charge is 2.14. The molecule has 0 saturated carbocycles. The smallest absolute Gasteiger partial charge is 0.265 e. The molecular formula is C21H23Cl2N3O2. The molecule has 0 aliphatic heterocycles.